The molecule has 142 valence electrons. The maximum absolute atomic E-state index is 10.6. The van der Waals surface area contributed by atoms with Crippen LogP contribution < -0.4 is 0 Å². The van der Waals surface area contributed by atoms with E-state index < -0.39 is 37.3 Å². The van der Waals surface area contributed by atoms with Crippen LogP contribution in [-0.2, 0) is 4.74 Å². The Hall–Kier alpha value is -1.87. The molecule has 7 nitrogen and oxygen atoms in total. The van der Waals surface area contributed by atoms with Crippen LogP contribution in [0, 0.1) is 6.92 Å². The molecule has 2 rings (SSSR count). The molecule has 2 aromatic rings. The average Bonchev–Trinajstić information content (AvgIpc) is 2.62. The summed E-state index contributed by atoms with van der Waals surface area (Å²) in [7, 11) is 0. The van der Waals surface area contributed by atoms with Crippen LogP contribution in [0.5, 0.6) is 0 Å². The maximum atomic E-state index is 10.6. The van der Waals surface area contributed by atoms with E-state index in [-0.39, 0.29) is 0 Å². The maximum Gasteiger partial charge on any atom is 0.181 e. The highest BCUT2D eigenvalue weighted by atomic mass is 16.6. The third kappa shape index (κ3) is 4.85. The van der Waals surface area contributed by atoms with Gasteiger partial charge in [0.1, 0.15) is 18.3 Å². The zero-order valence-electron chi connectivity index (χ0n) is 14.7. The van der Waals surface area contributed by atoms with E-state index in [1.807, 2.05) is 18.2 Å². The van der Waals surface area contributed by atoms with Crippen LogP contribution in [0.15, 0.2) is 42.7 Å². The second kappa shape index (κ2) is 9.18. The molecule has 0 aliphatic rings. The molecule has 0 radical (unpaired) electrons. The summed E-state index contributed by atoms with van der Waals surface area (Å²) in [4.78, 5) is 4.08. The topological polar surface area (TPSA) is 123 Å². The lowest BCUT2D eigenvalue weighted by Gasteiger charge is -2.30. The Morgan fingerprint density at radius 1 is 1.08 bits per heavy atom. The van der Waals surface area contributed by atoms with Gasteiger partial charge in [-0.15, -0.1) is 0 Å². The molecule has 4 atom stereocenters. The van der Waals surface area contributed by atoms with Crippen molar-refractivity contribution in [1.29, 1.82) is 0 Å². The molecule has 26 heavy (non-hydrogen) atoms. The Balaban J connectivity index is 2.27. The van der Waals surface area contributed by atoms with Gasteiger partial charge in [0.2, 0.25) is 0 Å². The summed E-state index contributed by atoms with van der Waals surface area (Å²) in [5.41, 5.74) is 3.01. The van der Waals surface area contributed by atoms with Gasteiger partial charge >= 0.3 is 0 Å². The number of hydrogen-bond acceptors (Lipinski definition) is 7. The number of nitrogens with zero attached hydrogens (tertiary/aromatic N) is 1. The van der Waals surface area contributed by atoms with Gasteiger partial charge in [0.15, 0.2) is 6.29 Å². The first-order valence-electron chi connectivity index (χ1n) is 8.34. The van der Waals surface area contributed by atoms with Gasteiger partial charge in [-0.05, 0) is 42.2 Å². The van der Waals surface area contributed by atoms with Crippen molar-refractivity contribution in [2.45, 2.75) is 44.6 Å². The van der Waals surface area contributed by atoms with Crippen molar-refractivity contribution in [2.24, 2.45) is 0 Å². The molecular weight excluding hydrogens is 338 g/mol. The Morgan fingerprint density at radius 2 is 1.81 bits per heavy atom. The molecule has 0 spiro atoms. The summed E-state index contributed by atoms with van der Waals surface area (Å²) >= 11 is 0. The summed E-state index contributed by atoms with van der Waals surface area (Å²) in [6.45, 7) is 2.67. The molecule has 0 amide bonds. The molecule has 1 aromatic carbocycles. The van der Waals surface area contributed by atoms with Crippen molar-refractivity contribution in [1.82, 2.24) is 4.98 Å². The number of aliphatic hydroxyl groups is 5. The molecule has 7 heteroatoms. The lowest BCUT2D eigenvalue weighted by molar-refractivity contribution is -0.216. The minimum atomic E-state index is -1.99. The van der Waals surface area contributed by atoms with Crippen LogP contribution in [0.4, 0.5) is 0 Å². The first kappa shape index (κ1) is 20.4. The Bertz CT molecular complexity index is 692. The molecule has 0 fully saturated rings. The monoisotopic (exact) mass is 363 g/mol. The quantitative estimate of drug-likeness (QED) is 0.433. The minimum Gasteiger partial charge on any atom is -0.394 e. The molecule has 0 bridgehead atoms. The Labute approximate surface area is 152 Å². The average molecular weight is 363 g/mol. The Morgan fingerprint density at radius 3 is 2.31 bits per heavy atom. The summed E-state index contributed by atoms with van der Waals surface area (Å²) in [5, 5.41) is 48.6. The van der Waals surface area contributed by atoms with E-state index in [1.54, 1.807) is 31.5 Å². The van der Waals surface area contributed by atoms with Crippen LogP contribution in [0.2, 0.25) is 0 Å². The zero-order chi connectivity index (χ0) is 19.3. The van der Waals surface area contributed by atoms with Gasteiger partial charge < -0.3 is 30.3 Å². The lowest BCUT2D eigenvalue weighted by Crippen LogP contribution is -2.42. The van der Waals surface area contributed by atoms with Crippen molar-refractivity contribution in [3.8, 4) is 11.1 Å². The standard InChI is InChI=1S/C19H25NO6/c1-11-8-13(14-4-3-7-20-9-14)5-6-15(11)17(23)18(19(24)25)26-16(10-21)12(2)22/h3-9,12,16-19,21-25H,10H2,1-2H3. The highest BCUT2D eigenvalue weighted by molar-refractivity contribution is 5.63. The van der Waals surface area contributed by atoms with Crippen LogP contribution >= 0.6 is 0 Å². The second-order valence-electron chi connectivity index (χ2n) is 6.23. The van der Waals surface area contributed by atoms with E-state index in [4.69, 9.17) is 4.74 Å². The van der Waals surface area contributed by atoms with Crippen LogP contribution in [0.3, 0.4) is 0 Å². The molecule has 0 saturated heterocycles. The SMILES string of the molecule is Cc1cc(-c2cccnc2)ccc1C(O)C(OC(CO)C(C)O)C(O)O. The molecule has 4 unspecified atom stereocenters. The van der Waals surface area contributed by atoms with Crippen molar-refractivity contribution >= 4 is 0 Å². The number of aryl methyl sites for hydroxylation is 1. The third-order valence-corrected chi connectivity index (χ3v) is 4.24. The summed E-state index contributed by atoms with van der Waals surface area (Å²) in [5.74, 6) is 0. The second-order valence-corrected chi connectivity index (χ2v) is 6.23. The number of aliphatic hydroxyl groups excluding tert-OH is 4. The van der Waals surface area contributed by atoms with Crippen LogP contribution in [0.1, 0.15) is 24.2 Å². The summed E-state index contributed by atoms with van der Waals surface area (Å²) < 4.78 is 5.35. The summed E-state index contributed by atoms with van der Waals surface area (Å²) in [6.07, 6.45) is -3.46. The van der Waals surface area contributed by atoms with E-state index >= 15 is 0 Å². The zero-order valence-corrected chi connectivity index (χ0v) is 14.7. The fourth-order valence-electron chi connectivity index (χ4n) is 2.72. The van der Waals surface area contributed by atoms with Crippen molar-refractivity contribution in [3.05, 3.63) is 53.9 Å². The predicted octanol–water partition coefficient (Wildman–Crippen LogP) is 0.528. The first-order valence-corrected chi connectivity index (χ1v) is 8.34. The lowest BCUT2D eigenvalue weighted by atomic mass is 9.95. The van der Waals surface area contributed by atoms with E-state index in [0.717, 1.165) is 16.7 Å². The number of pyridine rings is 1. The molecule has 1 heterocycles. The van der Waals surface area contributed by atoms with Gasteiger partial charge in [-0.25, -0.2) is 0 Å². The first-order chi connectivity index (χ1) is 12.3. The molecule has 0 saturated carbocycles. The van der Waals surface area contributed by atoms with Gasteiger partial charge in [-0.1, -0.05) is 24.3 Å². The predicted molar refractivity (Wildman–Crippen MR) is 95.0 cm³/mol. The number of ether oxygens (including phenoxy) is 1. The van der Waals surface area contributed by atoms with Gasteiger partial charge in [0.05, 0.1) is 12.7 Å². The largest absolute Gasteiger partial charge is 0.394 e. The Kier molecular flexibility index (Phi) is 7.22. The number of benzene rings is 1. The highest BCUT2D eigenvalue weighted by Crippen LogP contribution is 2.29. The van der Waals surface area contributed by atoms with Gasteiger partial charge in [0, 0.05) is 12.4 Å². The van der Waals surface area contributed by atoms with Gasteiger partial charge in [-0.2, -0.15) is 0 Å². The van der Waals surface area contributed by atoms with E-state index in [2.05, 4.69) is 4.98 Å². The van der Waals surface area contributed by atoms with Crippen LogP contribution in [-0.4, -0.2) is 61.7 Å². The summed E-state index contributed by atoms with van der Waals surface area (Å²) in [6, 6.07) is 9.06. The fourth-order valence-corrected chi connectivity index (χ4v) is 2.72. The number of aromatic nitrogens is 1. The van der Waals surface area contributed by atoms with Gasteiger partial charge in [-0.3, -0.25) is 4.98 Å². The van der Waals surface area contributed by atoms with E-state index in [0.29, 0.717) is 5.56 Å². The van der Waals surface area contributed by atoms with Gasteiger partial charge in [0.25, 0.3) is 0 Å². The van der Waals surface area contributed by atoms with Crippen molar-refractivity contribution in [2.75, 3.05) is 6.61 Å². The van der Waals surface area contributed by atoms with Crippen molar-refractivity contribution in [3.63, 3.8) is 0 Å². The molecule has 5 N–H and O–H groups in total. The normalized spacial score (nSPS) is 16.3. The van der Waals surface area contributed by atoms with Crippen LogP contribution in [0.25, 0.3) is 11.1 Å². The van der Waals surface area contributed by atoms with E-state index in [1.165, 1.54) is 6.92 Å². The number of rotatable bonds is 8. The molecular formula is C19H25NO6. The minimum absolute atomic E-state index is 0.457. The molecule has 1 aromatic heterocycles. The smallest absolute Gasteiger partial charge is 0.181 e. The van der Waals surface area contributed by atoms with Crippen molar-refractivity contribution < 1.29 is 30.3 Å². The fraction of sp³-hybridized carbons (Fsp3) is 0.421. The van der Waals surface area contributed by atoms with E-state index in [9.17, 15) is 25.5 Å². The molecule has 0 aliphatic carbocycles. The molecule has 0 aliphatic heterocycles. The highest BCUT2D eigenvalue weighted by Gasteiger charge is 2.32. The third-order valence-electron chi connectivity index (χ3n) is 4.24. The number of hydrogen-bond donors (Lipinski definition) is 5.